The zero-order chi connectivity index (χ0) is 10.8. The summed E-state index contributed by atoms with van der Waals surface area (Å²) in [6, 6.07) is -1.58. The van der Waals surface area contributed by atoms with E-state index >= 15 is 0 Å². The van der Waals surface area contributed by atoms with Crippen LogP contribution < -0.4 is 5.32 Å². The fourth-order valence-corrected chi connectivity index (χ4v) is 1.55. The lowest BCUT2D eigenvalue weighted by atomic mass is 9.92. The minimum absolute atomic E-state index is 0.198. The van der Waals surface area contributed by atoms with E-state index in [1.807, 2.05) is 0 Å². The molecule has 1 heterocycles. The summed E-state index contributed by atoms with van der Waals surface area (Å²) in [5.41, 5.74) is 0. The molecule has 0 radical (unpaired) electrons. The summed E-state index contributed by atoms with van der Waals surface area (Å²) in [7, 11) is 1.19. The number of hydrogen-bond donors (Lipinski definition) is 1. The molecule has 0 amide bonds. The lowest BCUT2D eigenvalue weighted by Crippen LogP contribution is -2.49. The fraction of sp³-hybridized carbons (Fsp3) is 0.875. The molecule has 0 aromatic carbocycles. The molecule has 1 rings (SSSR count). The summed E-state index contributed by atoms with van der Waals surface area (Å²) in [5.74, 6) is -1.19. The van der Waals surface area contributed by atoms with Crippen molar-refractivity contribution in [2.75, 3.05) is 13.7 Å². The standard InChI is InChI=1S/C8H12F3NO2/c1-14-7(13)5-2-3-12-6(4-5)8(9,10)11/h5-6,12H,2-4H2,1H3. The van der Waals surface area contributed by atoms with Crippen molar-refractivity contribution in [2.45, 2.75) is 25.1 Å². The zero-order valence-corrected chi connectivity index (χ0v) is 7.73. The summed E-state index contributed by atoms with van der Waals surface area (Å²) in [6.07, 6.45) is -4.11. The predicted octanol–water partition coefficient (Wildman–Crippen LogP) is 1.09. The van der Waals surface area contributed by atoms with E-state index < -0.39 is 24.1 Å². The Morgan fingerprint density at radius 3 is 2.64 bits per heavy atom. The molecule has 14 heavy (non-hydrogen) atoms. The second-order valence-electron chi connectivity index (χ2n) is 3.29. The molecule has 82 valence electrons. The van der Waals surface area contributed by atoms with E-state index in [0.29, 0.717) is 6.42 Å². The van der Waals surface area contributed by atoms with Gasteiger partial charge >= 0.3 is 12.1 Å². The number of carbonyl (C=O) groups excluding carboxylic acids is 1. The van der Waals surface area contributed by atoms with E-state index in [9.17, 15) is 18.0 Å². The summed E-state index contributed by atoms with van der Waals surface area (Å²) >= 11 is 0. The van der Waals surface area contributed by atoms with Crippen LogP contribution in [-0.2, 0) is 9.53 Å². The van der Waals surface area contributed by atoms with E-state index in [1.165, 1.54) is 7.11 Å². The van der Waals surface area contributed by atoms with Gasteiger partial charge in [-0.1, -0.05) is 0 Å². The Bertz CT molecular complexity index is 217. The molecule has 0 aromatic heterocycles. The number of nitrogens with one attached hydrogen (secondary N) is 1. The van der Waals surface area contributed by atoms with Gasteiger partial charge in [0.15, 0.2) is 0 Å². The van der Waals surface area contributed by atoms with Crippen LogP contribution in [0.3, 0.4) is 0 Å². The van der Waals surface area contributed by atoms with Gasteiger partial charge in [-0.05, 0) is 19.4 Å². The Balaban J connectivity index is 2.56. The Hall–Kier alpha value is -0.780. The van der Waals surface area contributed by atoms with Crippen LogP contribution in [0.2, 0.25) is 0 Å². The smallest absolute Gasteiger partial charge is 0.403 e. The maximum Gasteiger partial charge on any atom is 0.403 e. The van der Waals surface area contributed by atoms with E-state index in [0.717, 1.165) is 0 Å². The molecule has 0 saturated carbocycles. The second-order valence-corrected chi connectivity index (χ2v) is 3.29. The summed E-state index contributed by atoms with van der Waals surface area (Å²) < 4.78 is 41.2. The molecular formula is C8H12F3NO2. The first kappa shape index (κ1) is 11.3. The number of methoxy groups -OCH3 is 1. The highest BCUT2D eigenvalue weighted by molar-refractivity contribution is 5.72. The maximum atomic E-state index is 12.3. The van der Waals surface area contributed by atoms with Crippen molar-refractivity contribution in [3.05, 3.63) is 0 Å². The quantitative estimate of drug-likeness (QED) is 0.660. The number of alkyl halides is 3. The molecule has 2 unspecified atom stereocenters. The predicted molar refractivity (Wildman–Crippen MR) is 42.6 cm³/mol. The van der Waals surface area contributed by atoms with Gasteiger partial charge in [0, 0.05) is 0 Å². The summed E-state index contributed by atoms with van der Waals surface area (Å²) in [5, 5.41) is 2.34. The van der Waals surface area contributed by atoms with Crippen LogP contribution in [0.4, 0.5) is 13.2 Å². The Morgan fingerprint density at radius 2 is 2.14 bits per heavy atom. The molecule has 1 saturated heterocycles. The molecule has 0 spiro atoms. The number of halogens is 3. The minimum atomic E-state index is -4.29. The molecule has 3 nitrogen and oxygen atoms in total. The van der Waals surface area contributed by atoms with Gasteiger partial charge in [-0.2, -0.15) is 13.2 Å². The third-order valence-corrected chi connectivity index (χ3v) is 2.33. The largest absolute Gasteiger partial charge is 0.469 e. The molecule has 1 fully saturated rings. The molecule has 2 atom stereocenters. The molecular weight excluding hydrogens is 199 g/mol. The summed E-state index contributed by atoms with van der Waals surface area (Å²) in [6.45, 7) is 0.198. The molecule has 1 aliphatic rings. The van der Waals surface area contributed by atoms with Gasteiger partial charge in [0.25, 0.3) is 0 Å². The minimum Gasteiger partial charge on any atom is -0.469 e. The van der Waals surface area contributed by atoms with Crippen LogP contribution in [0.5, 0.6) is 0 Å². The average molecular weight is 211 g/mol. The van der Waals surface area contributed by atoms with Crippen LogP contribution in [0.25, 0.3) is 0 Å². The SMILES string of the molecule is COC(=O)C1CCNC(C(F)(F)F)C1. The molecule has 1 N–H and O–H groups in total. The fourth-order valence-electron chi connectivity index (χ4n) is 1.55. The first-order chi connectivity index (χ1) is 6.45. The second kappa shape index (κ2) is 4.16. The van der Waals surface area contributed by atoms with Crippen molar-refractivity contribution >= 4 is 5.97 Å². The molecule has 6 heteroatoms. The highest BCUT2D eigenvalue weighted by Crippen LogP contribution is 2.29. The average Bonchev–Trinajstić information content (AvgIpc) is 2.15. The third kappa shape index (κ3) is 2.60. The number of rotatable bonds is 1. The van der Waals surface area contributed by atoms with Crippen molar-refractivity contribution in [1.29, 1.82) is 0 Å². The molecule has 0 aliphatic carbocycles. The Morgan fingerprint density at radius 1 is 1.50 bits per heavy atom. The lowest BCUT2D eigenvalue weighted by Gasteiger charge is -2.30. The topological polar surface area (TPSA) is 38.3 Å². The van der Waals surface area contributed by atoms with Gasteiger partial charge in [0.1, 0.15) is 6.04 Å². The van der Waals surface area contributed by atoms with Gasteiger partial charge in [-0.3, -0.25) is 4.79 Å². The molecule has 0 aromatic rings. The molecule has 1 aliphatic heterocycles. The number of hydrogen-bond acceptors (Lipinski definition) is 3. The zero-order valence-electron chi connectivity index (χ0n) is 7.73. The number of piperidine rings is 1. The van der Waals surface area contributed by atoms with E-state index in [2.05, 4.69) is 10.1 Å². The Labute approximate surface area is 79.6 Å². The highest BCUT2D eigenvalue weighted by Gasteiger charge is 2.43. The highest BCUT2D eigenvalue weighted by atomic mass is 19.4. The molecule has 0 bridgehead atoms. The lowest BCUT2D eigenvalue weighted by molar-refractivity contribution is -0.169. The van der Waals surface area contributed by atoms with Crippen molar-refractivity contribution in [1.82, 2.24) is 5.32 Å². The van der Waals surface area contributed by atoms with Crippen molar-refractivity contribution < 1.29 is 22.7 Å². The van der Waals surface area contributed by atoms with Gasteiger partial charge < -0.3 is 10.1 Å². The van der Waals surface area contributed by atoms with Gasteiger partial charge in [-0.25, -0.2) is 0 Å². The van der Waals surface area contributed by atoms with Gasteiger partial charge in [0.2, 0.25) is 0 Å². The van der Waals surface area contributed by atoms with Crippen molar-refractivity contribution in [3.8, 4) is 0 Å². The van der Waals surface area contributed by atoms with E-state index in [4.69, 9.17) is 0 Å². The van der Waals surface area contributed by atoms with Crippen LogP contribution in [0.15, 0.2) is 0 Å². The third-order valence-electron chi connectivity index (χ3n) is 2.33. The summed E-state index contributed by atoms with van der Waals surface area (Å²) in [4.78, 5) is 11.0. The van der Waals surface area contributed by atoms with Crippen LogP contribution in [0, 0.1) is 5.92 Å². The Kier molecular flexibility index (Phi) is 3.36. The van der Waals surface area contributed by atoms with E-state index in [-0.39, 0.29) is 13.0 Å². The van der Waals surface area contributed by atoms with Gasteiger partial charge in [0.05, 0.1) is 13.0 Å². The maximum absolute atomic E-state index is 12.3. The van der Waals surface area contributed by atoms with Crippen molar-refractivity contribution in [3.63, 3.8) is 0 Å². The first-order valence-electron chi connectivity index (χ1n) is 4.33. The van der Waals surface area contributed by atoms with Crippen LogP contribution >= 0.6 is 0 Å². The van der Waals surface area contributed by atoms with Crippen LogP contribution in [0.1, 0.15) is 12.8 Å². The number of carbonyl (C=O) groups is 1. The van der Waals surface area contributed by atoms with Crippen molar-refractivity contribution in [2.24, 2.45) is 5.92 Å². The number of ether oxygens (including phenoxy) is 1. The van der Waals surface area contributed by atoms with Crippen LogP contribution in [-0.4, -0.2) is 31.8 Å². The number of esters is 1. The monoisotopic (exact) mass is 211 g/mol. The van der Waals surface area contributed by atoms with Gasteiger partial charge in [-0.15, -0.1) is 0 Å². The normalized spacial score (nSPS) is 28.6. The van der Waals surface area contributed by atoms with E-state index in [1.54, 1.807) is 0 Å². The first-order valence-corrected chi connectivity index (χ1v) is 4.33.